The van der Waals surface area contributed by atoms with Crippen LogP contribution >= 0.6 is 11.8 Å². The topological polar surface area (TPSA) is 4.93 Å². The highest BCUT2D eigenvalue weighted by Crippen LogP contribution is 2.43. The Hall–Kier alpha value is -2.91. The normalized spacial score (nSPS) is 14.1. The summed E-state index contributed by atoms with van der Waals surface area (Å²) in [5, 5.41) is 2.70. The van der Waals surface area contributed by atoms with E-state index in [1.54, 1.807) is 0 Å². The van der Waals surface area contributed by atoms with Gasteiger partial charge in [-0.05, 0) is 45.7 Å². The average Bonchev–Trinajstić information content (AvgIpc) is 3.11. The third kappa shape index (κ3) is 2.25. The number of hydrogen-bond donors (Lipinski definition) is 0. The first kappa shape index (κ1) is 17.7. The van der Waals surface area contributed by atoms with Crippen LogP contribution in [0.3, 0.4) is 0 Å². The minimum atomic E-state index is 0.143. The molecule has 0 spiro atoms. The van der Waals surface area contributed by atoms with Gasteiger partial charge in [-0.15, -0.1) is 0 Å². The number of rotatable bonds is 0. The van der Waals surface area contributed by atoms with Crippen LogP contribution in [0.15, 0.2) is 88.7 Å². The molecule has 0 saturated heterocycles. The summed E-state index contributed by atoms with van der Waals surface area (Å²) < 4.78 is 2.61. The Bertz CT molecular complexity index is 1550. The van der Waals surface area contributed by atoms with Crippen molar-refractivity contribution >= 4 is 51.3 Å². The molecule has 3 heteroatoms. The molecule has 0 fully saturated rings. The van der Waals surface area contributed by atoms with E-state index in [4.69, 9.17) is 0 Å². The Labute approximate surface area is 187 Å². The highest BCUT2D eigenvalue weighted by atomic mass is 32.2. The van der Waals surface area contributed by atoms with Crippen LogP contribution in [0.25, 0.3) is 32.9 Å². The Morgan fingerprint density at radius 2 is 1.52 bits per heavy atom. The molecule has 0 amide bonds. The maximum atomic E-state index is 2.61. The molecule has 7 rings (SSSR count). The summed E-state index contributed by atoms with van der Waals surface area (Å²) in [4.78, 5) is 2.79. The van der Waals surface area contributed by atoms with Gasteiger partial charge >= 0.3 is 6.85 Å². The van der Waals surface area contributed by atoms with Crippen LogP contribution in [0.2, 0.25) is 0 Å². The Balaban J connectivity index is 1.65. The monoisotopic (exact) mass is 415 g/mol. The van der Waals surface area contributed by atoms with Gasteiger partial charge in [-0.3, -0.25) is 0 Å². The summed E-state index contributed by atoms with van der Waals surface area (Å²) >= 11 is 1.94. The molecule has 0 bridgehead atoms. The molecule has 148 valence electrons. The van der Waals surface area contributed by atoms with Crippen LogP contribution in [-0.2, 0) is 5.41 Å². The van der Waals surface area contributed by atoms with E-state index in [0.717, 1.165) is 0 Å². The molecule has 0 radical (unpaired) electrons. The minimum absolute atomic E-state index is 0.143. The molecule has 31 heavy (non-hydrogen) atoms. The van der Waals surface area contributed by atoms with E-state index in [9.17, 15) is 0 Å². The molecule has 2 aliphatic heterocycles. The predicted octanol–water partition coefficient (Wildman–Crippen LogP) is 6.19. The number of nitrogens with zero attached hydrogens (tertiary/aromatic N) is 1. The number of aromatic nitrogens is 1. The van der Waals surface area contributed by atoms with E-state index in [1.165, 1.54) is 59.2 Å². The Morgan fingerprint density at radius 3 is 2.39 bits per heavy atom. The fraction of sp³-hybridized carbons (Fsp3) is 0.143. The summed E-state index contributed by atoms with van der Waals surface area (Å²) in [5.74, 6) is 0. The van der Waals surface area contributed by atoms with Crippen molar-refractivity contribution in [3.63, 3.8) is 0 Å². The zero-order valence-electron chi connectivity index (χ0n) is 17.9. The van der Waals surface area contributed by atoms with E-state index in [1.807, 2.05) is 11.8 Å². The second-order valence-corrected chi connectivity index (χ2v) is 10.9. The van der Waals surface area contributed by atoms with Gasteiger partial charge in [0.2, 0.25) is 0 Å². The lowest BCUT2D eigenvalue weighted by Gasteiger charge is -2.34. The van der Waals surface area contributed by atoms with Crippen molar-refractivity contribution in [3.05, 3.63) is 84.4 Å². The molecule has 5 aromatic rings. The van der Waals surface area contributed by atoms with Crippen molar-refractivity contribution < 1.29 is 0 Å². The van der Waals surface area contributed by atoms with Crippen LogP contribution < -0.4 is 10.9 Å². The number of hydrogen-bond acceptors (Lipinski definition) is 1. The highest BCUT2D eigenvalue weighted by molar-refractivity contribution is 8.00. The van der Waals surface area contributed by atoms with Crippen molar-refractivity contribution in [1.29, 1.82) is 0 Å². The number of para-hydroxylation sites is 2. The van der Waals surface area contributed by atoms with Gasteiger partial charge in [-0.1, -0.05) is 93.2 Å². The SMILES string of the molecule is CC(C)(C)c1ccc2c(c1)Sc1cccc3c1B2n1c2ccccc2c2cccc-3c21. The van der Waals surface area contributed by atoms with Crippen molar-refractivity contribution in [2.75, 3.05) is 0 Å². The first-order valence-corrected chi connectivity index (χ1v) is 11.8. The molecule has 0 saturated carbocycles. The van der Waals surface area contributed by atoms with E-state index in [-0.39, 0.29) is 12.3 Å². The third-order valence-electron chi connectivity index (χ3n) is 7.01. The number of benzene rings is 4. The van der Waals surface area contributed by atoms with Crippen molar-refractivity contribution in [2.45, 2.75) is 36.0 Å². The first-order chi connectivity index (χ1) is 15.0. The molecular formula is C28H22BNS. The second kappa shape index (κ2) is 5.86. The molecular weight excluding hydrogens is 393 g/mol. The molecule has 0 atom stereocenters. The van der Waals surface area contributed by atoms with Gasteiger partial charge in [0.15, 0.2) is 0 Å². The standard InChI is InChI=1S/C28H22BNS/c1-28(2,3)17-14-15-22-25(16-17)31-24-13-7-9-19-21-11-6-10-20-18-8-4-5-12-23(18)30(27(20)21)29(22)26(19)24/h4-16H,1-3H3. The van der Waals surface area contributed by atoms with E-state index in [0.29, 0.717) is 0 Å². The fourth-order valence-electron chi connectivity index (χ4n) is 5.55. The van der Waals surface area contributed by atoms with Crippen LogP contribution in [0.1, 0.15) is 26.3 Å². The smallest absolute Gasteiger partial charge is 0.331 e. The molecule has 2 aliphatic rings. The summed E-state index contributed by atoms with van der Waals surface area (Å²) in [6, 6.07) is 29.7. The lowest BCUT2D eigenvalue weighted by atomic mass is 9.47. The zero-order chi connectivity index (χ0) is 20.9. The first-order valence-electron chi connectivity index (χ1n) is 11.0. The van der Waals surface area contributed by atoms with Crippen LogP contribution in [0.5, 0.6) is 0 Å². The quantitative estimate of drug-likeness (QED) is 0.267. The van der Waals surface area contributed by atoms with Crippen LogP contribution in [0, 0.1) is 0 Å². The number of fused-ring (bicyclic) bond motifs is 7. The van der Waals surface area contributed by atoms with Gasteiger partial charge < -0.3 is 4.48 Å². The summed E-state index contributed by atoms with van der Waals surface area (Å²) in [7, 11) is 0. The van der Waals surface area contributed by atoms with Gasteiger partial charge in [-0.2, -0.15) is 0 Å². The molecule has 0 unspecified atom stereocenters. The summed E-state index contributed by atoms with van der Waals surface area (Å²) in [5.41, 5.74) is 9.88. The van der Waals surface area contributed by atoms with Gasteiger partial charge in [0.25, 0.3) is 0 Å². The Morgan fingerprint density at radius 1 is 0.742 bits per heavy atom. The van der Waals surface area contributed by atoms with E-state index in [2.05, 4.69) is 104 Å². The predicted molar refractivity (Wildman–Crippen MR) is 135 cm³/mol. The molecule has 1 aromatic heterocycles. The van der Waals surface area contributed by atoms with Crippen LogP contribution in [0.4, 0.5) is 0 Å². The maximum Gasteiger partial charge on any atom is 0.331 e. The van der Waals surface area contributed by atoms with Crippen molar-refractivity contribution in [2.24, 2.45) is 0 Å². The van der Waals surface area contributed by atoms with Crippen molar-refractivity contribution in [1.82, 2.24) is 4.48 Å². The van der Waals surface area contributed by atoms with Gasteiger partial charge in [-0.25, -0.2) is 0 Å². The molecule has 0 N–H and O–H groups in total. The minimum Gasteiger partial charge on any atom is -0.375 e. The molecule has 3 heterocycles. The highest BCUT2D eigenvalue weighted by Gasteiger charge is 2.40. The van der Waals surface area contributed by atoms with Gasteiger partial charge in [0.05, 0.1) is 0 Å². The summed E-state index contributed by atoms with van der Waals surface area (Å²) in [6.45, 7) is 7.12. The third-order valence-corrected chi connectivity index (χ3v) is 8.16. The largest absolute Gasteiger partial charge is 0.375 e. The van der Waals surface area contributed by atoms with E-state index >= 15 is 0 Å². The average molecular weight is 415 g/mol. The fourth-order valence-corrected chi connectivity index (χ4v) is 6.74. The lowest BCUT2D eigenvalue weighted by Crippen LogP contribution is -2.54. The lowest BCUT2D eigenvalue weighted by molar-refractivity contribution is 0.589. The molecule has 1 nitrogen and oxygen atoms in total. The van der Waals surface area contributed by atoms with Crippen LogP contribution in [-0.4, -0.2) is 11.3 Å². The van der Waals surface area contributed by atoms with E-state index < -0.39 is 0 Å². The molecule has 4 aromatic carbocycles. The Kier molecular flexibility index (Phi) is 3.36. The second-order valence-electron chi connectivity index (χ2n) is 9.81. The van der Waals surface area contributed by atoms with Gasteiger partial charge in [0.1, 0.15) is 0 Å². The van der Waals surface area contributed by atoms with Crippen molar-refractivity contribution in [3.8, 4) is 11.1 Å². The zero-order valence-corrected chi connectivity index (χ0v) is 18.8. The maximum absolute atomic E-state index is 2.61. The van der Waals surface area contributed by atoms with Gasteiger partial charge in [0, 0.05) is 37.2 Å². The molecule has 0 aliphatic carbocycles. The summed E-state index contributed by atoms with van der Waals surface area (Å²) in [6.07, 6.45) is 0.